The second kappa shape index (κ2) is 6.49. The quantitative estimate of drug-likeness (QED) is 0.824. The molecule has 2 aromatic heterocycles. The summed E-state index contributed by atoms with van der Waals surface area (Å²) < 4.78 is 10.8. The summed E-state index contributed by atoms with van der Waals surface area (Å²) in [6, 6.07) is 3.91. The molecule has 6 heteroatoms. The first-order valence-electron chi connectivity index (χ1n) is 6.42. The van der Waals surface area contributed by atoms with Crippen LogP contribution in [0, 0.1) is 0 Å². The fourth-order valence-corrected chi connectivity index (χ4v) is 1.78. The number of furan rings is 1. The third kappa shape index (κ3) is 3.65. The molecule has 2 aromatic rings. The SMILES string of the molecule is CC(C)N(CCCO)Cc1nnc(-c2ccco2)o1. The minimum Gasteiger partial charge on any atom is -0.459 e. The molecular weight excluding hydrogens is 246 g/mol. The van der Waals surface area contributed by atoms with Crippen molar-refractivity contribution >= 4 is 0 Å². The Bertz CT molecular complexity index is 479. The second-order valence-corrected chi connectivity index (χ2v) is 4.62. The van der Waals surface area contributed by atoms with Crippen LogP contribution in [0.2, 0.25) is 0 Å². The molecule has 0 aliphatic rings. The molecule has 1 N–H and O–H groups in total. The van der Waals surface area contributed by atoms with Gasteiger partial charge >= 0.3 is 0 Å². The molecule has 2 heterocycles. The van der Waals surface area contributed by atoms with Crippen molar-refractivity contribution in [3.8, 4) is 11.7 Å². The van der Waals surface area contributed by atoms with Crippen molar-refractivity contribution in [2.24, 2.45) is 0 Å². The zero-order chi connectivity index (χ0) is 13.7. The summed E-state index contributed by atoms with van der Waals surface area (Å²) in [6.45, 7) is 5.76. The Balaban J connectivity index is 2.01. The van der Waals surface area contributed by atoms with Crippen molar-refractivity contribution in [3.63, 3.8) is 0 Å². The Morgan fingerprint density at radius 3 is 2.84 bits per heavy atom. The first-order valence-corrected chi connectivity index (χ1v) is 6.42. The van der Waals surface area contributed by atoms with E-state index in [9.17, 15) is 0 Å². The van der Waals surface area contributed by atoms with E-state index in [2.05, 4.69) is 28.9 Å². The van der Waals surface area contributed by atoms with Crippen LogP contribution in [0.4, 0.5) is 0 Å². The molecule has 0 aromatic carbocycles. The number of rotatable bonds is 7. The normalized spacial score (nSPS) is 11.6. The topological polar surface area (TPSA) is 75.5 Å². The van der Waals surface area contributed by atoms with Gasteiger partial charge in [0.15, 0.2) is 5.76 Å². The van der Waals surface area contributed by atoms with Gasteiger partial charge < -0.3 is 13.9 Å². The van der Waals surface area contributed by atoms with E-state index in [0.717, 1.165) is 13.0 Å². The highest BCUT2D eigenvalue weighted by atomic mass is 16.4. The first kappa shape index (κ1) is 13.8. The summed E-state index contributed by atoms with van der Waals surface area (Å²) in [5.74, 6) is 1.52. The van der Waals surface area contributed by atoms with Gasteiger partial charge in [-0.2, -0.15) is 0 Å². The van der Waals surface area contributed by atoms with Gasteiger partial charge in [0.05, 0.1) is 12.8 Å². The fraction of sp³-hybridized carbons (Fsp3) is 0.538. The molecule has 0 bridgehead atoms. The lowest BCUT2D eigenvalue weighted by atomic mass is 10.3. The van der Waals surface area contributed by atoms with Gasteiger partial charge in [0.25, 0.3) is 5.89 Å². The van der Waals surface area contributed by atoms with Crippen LogP contribution in [0.1, 0.15) is 26.2 Å². The molecule has 0 aliphatic carbocycles. The highest BCUT2D eigenvalue weighted by molar-refractivity contribution is 5.42. The van der Waals surface area contributed by atoms with Crippen LogP contribution in [0.3, 0.4) is 0 Å². The molecule has 0 aliphatic heterocycles. The van der Waals surface area contributed by atoms with E-state index in [-0.39, 0.29) is 6.61 Å². The first-order chi connectivity index (χ1) is 9.20. The molecule has 2 rings (SSSR count). The Morgan fingerprint density at radius 1 is 1.37 bits per heavy atom. The molecule has 104 valence electrons. The number of aromatic nitrogens is 2. The molecule has 0 saturated heterocycles. The summed E-state index contributed by atoms with van der Waals surface area (Å²) in [7, 11) is 0. The van der Waals surface area contributed by atoms with Crippen LogP contribution in [0.25, 0.3) is 11.7 Å². The summed E-state index contributed by atoms with van der Waals surface area (Å²) >= 11 is 0. The van der Waals surface area contributed by atoms with Gasteiger partial charge in [-0.15, -0.1) is 10.2 Å². The lowest BCUT2D eigenvalue weighted by Crippen LogP contribution is -2.31. The van der Waals surface area contributed by atoms with Crippen LogP contribution in [0.15, 0.2) is 27.2 Å². The third-order valence-corrected chi connectivity index (χ3v) is 2.87. The molecule has 0 saturated carbocycles. The van der Waals surface area contributed by atoms with Gasteiger partial charge in [-0.25, -0.2) is 0 Å². The van der Waals surface area contributed by atoms with Crippen LogP contribution >= 0.6 is 0 Å². The van der Waals surface area contributed by atoms with E-state index in [0.29, 0.717) is 30.1 Å². The summed E-state index contributed by atoms with van der Waals surface area (Å²) in [5, 5.41) is 16.9. The van der Waals surface area contributed by atoms with Gasteiger partial charge in [0.1, 0.15) is 0 Å². The predicted molar refractivity (Wildman–Crippen MR) is 69.2 cm³/mol. The average Bonchev–Trinajstić information content (AvgIpc) is 3.04. The Morgan fingerprint density at radius 2 is 2.21 bits per heavy atom. The van der Waals surface area contributed by atoms with E-state index >= 15 is 0 Å². The number of aliphatic hydroxyl groups excluding tert-OH is 1. The minimum atomic E-state index is 0.185. The van der Waals surface area contributed by atoms with E-state index in [4.69, 9.17) is 13.9 Å². The second-order valence-electron chi connectivity index (χ2n) is 4.62. The molecule has 0 spiro atoms. The zero-order valence-electron chi connectivity index (χ0n) is 11.2. The molecular formula is C13H19N3O3. The average molecular weight is 265 g/mol. The summed E-state index contributed by atoms with van der Waals surface area (Å²) in [5.41, 5.74) is 0. The van der Waals surface area contributed by atoms with E-state index < -0.39 is 0 Å². The van der Waals surface area contributed by atoms with E-state index in [1.54, 1.807) is 18.4 Å². The number of hydrogen-bond acceptors (Lipinski definition) is 6. The highest BCUT2D eigenvalue weighted by Crippen LogP contribution is 2.18. The third-order valence-electron chi connectivity index (χ3n) is 2.87. The standard InChI is InChI=1S/C13H19N3O3/c1-10(2)16(6-4-7-17)9-12-14-15-13(19-12)11-5-3-8-18-11/h3,5,8,10,17H,4,6-7,9H2,1-2H3. The molecule has 0 unspecified atom stereocenters. The maximum absolute atomic E-state index is 8.90. The Labute approximate surface area is 112 Å². The number of aliphatic hydroxyl groups is 1. The highest BCUT2D eigenvalue weighted by Gasteiger charge is 2.15. The Kier molecular flexibility index (Phi) is 4.70. The fourth-order valence-electron chi connectivity index (χ4n) is 1.78. The van der Waals surface area contributed by atoms with Crippen molar-refractivity contribution in [2.75, 3.05) is 13.2 Å². The van der Waals surface area contributed by atoms with Crippen LogP contribution in [0.5, 0.6) is 0 Å². The van der Waals surface area contributed by atoms with Crippen molar-refractivity contribution in [1.29, 1.82) is 0 Å². The van der Waals surface area contributed by atoms with E-state index in [1.807, 2.05) is 0 Å². The van der Waals surface area contributed by atoms with Gasteiger partial charge in [-0.05, 0) is 32.4 Å². The molecule has 0 radical (unpaired) electrons. The minimum absolute atomic E-state index is 0.185. The largest absolute Gasteiger partial charge is 0.459 e. The van der Waals surface area contributed by atoms with Gasteiger partial charge in [0, 0.05) is 19.2 Å². The maximum Gasteiger partial charge on any atom is 0.283 e. The van der Waals surface area contributed by atoms with Crippen LogP contribution in [-0.4, -0.2) is 39.4 Å². The Hall–Kier alpha value is -1.66. The smallest absolute Gasteiger partial charge is 0.283 e. The van der Waals surface area contributed by atoms with Gasteiger partial charge in [-0.1, -0.05) is 0 Å². The molecule has 6 nitrogen and oxygen atoms in total. The maximum atomic E-state index is 8.90. The van der Waals surface area contributed by atoms with E-state index in [1.165, 1.54) is 0 Å². The number of hydrogen-bond donors (Lipinski definition) is 1. The molecule has 0 fully saturated rings. The van der Waals surface area contributed by atoms with Crippen molar-refractivity contribution < 1.29 is 13.9 Å². The van der Waals surface area contributed by atoms with Gasteiger partial charge in [0.2, 0.25) is 5.89 Å². The summed E-state index contributed by atoms with van der Waals surface area (Å²) in [4.78, 5) is 2.18. The molecule has 19 heavy (non-hydrogen) atoms. The molecule has 0 amide bonds. The van der Waals surface area contributed by atoms with Crippen LogP contribution in [-0.2, 0) is 6.54 Å². The molecule has 0 atom stereocenters. The monoisotopic (exact) mass is 265 g/mol. The summed E-state index contributed by atoms with van der Waals surface area (Å²) in [6.07, 6.45) is 2.30. The van der Waals surface area contributed by atoms with Crippen molar-refractivity contribution in [1.82, 2.24) is 15.1 Å². The van der Waals surface area contributed by atoms with Gasteiger partial charge in [-0.3, -0.25) is 4.90 Å². The van der Waals surface area contributed by atoms with Crippen molar-refractivity contribution in [3.05, 3.63) is 24.3 Å². The van der Waals surface area contributed by atoms with Crippen molar-refractivity contribution in [2.45, 2.75) is 32.9 Å². The number of nitrogens with zero attached hydrogens (tertiary/aromatic N) is 3. The van der Waals surface area contributed by atoms with Crippen LogP contribution < -0.4 is 0 Å². The zero-order valence-corrected chi connectivity index (χ0v) is 11.2. The lowest BCUT2D eigenvalue weighted by Gasteiger charge is -2.24. The lowest BCUT2D eigenvalue weighted by molar-refractivity contribution is 0.171. The predicted octanol–water partition coefficient (Wildman–Crippen LogP) is 1.92.